The maximum absolute atomic E-state index is 12.3. The molecule has 0 unspecified atom stereocenters. The first-order valence-electron chi connectivity index (χ1n) is 5.69. The molecule has 6 heteroatoms. The van der Waals surface area contributed by atoms with Crippen molar-refractivity contribution in [2.24, 2.45) is 0 Å². The van der Waals surface area contributed by atoms with Crippen LogP contribution in [0.4, 0.5) is 0 Å². The van der Waals surface area contributed by atoms with Gasteiger partial charge in [0.2, 0.25) is 0 Å². The van der Waals surface area contributed by atoms with Gasteiger partial charge in [0, 0.05) is 7.05 Å². The number of hydrogen-bond acceptors (Lipinski definition) is 4. The van der Waals surface area contributed by atoms with Gasteiger partial charge in [-0.15, -0.1) is 11.3 Å². The second-order valence-corrected chi connectivity index (χ2v) is 5.69. The fourth-order valence-electron chi connectivity index (χ4n) is 1.35. The maximum Gasteiger partial charge on any atom is 0.329 e. The van der Waals surface area contributed by atoms with Crippen LogP contribution < -0.4 is 0 Å². The normalized spacial score (nSPS) is 11.4. The highest BCUT2D eigenvalue weighted by atomic mass is 32.1. The third-order valence-electron chi connectivity index (χ3n) is 3.00. The Kier molecular flexibility index (Phi) is 4.11. The summed E-state index contributed by atoms with van der Waals surface area (Å²) in [4.78, 5) is 29.5. The minimum Gasteiger partial charge on any atom is -0.480 e. The van der Waals surface area contributed by atoms with E-state index < -0.39 is 11.5 Å². The SMILES string of the molecule is CCc1nc(C)c(C(=O)N(C)C(C)(C)C(=O)O)s1. The van der Waals surface area contributed by atoms with Gasteiger partial charge in [0.25, 0.3) is 5.91 Å². The molecule has 0 aliphatic heterocycles. The summed E-state index contributed by atoms with van der Waals surface area (Å²) in [6.07, 6.45) is 0.769. The highest BCUT2D eigenvalue weighted by Crippen LogP contribution is 2.23. The largest absolute Gasteiger partial charge is 0.480 e. The van der Waals surface area contributed by atoms with E-state index >= 15 is 0 Å². The highest BCUT2D eigenvalue weighted by Gasteiger charge is 2.36. The average Bonchev–Trinajstić information content (AvgIpc) is 2.68. The van der Waals surface area contributed by atoms with Gasteiger partial charge in [-0.05, 0) is 27.2 Å². The van der Waals surface area contributed by atoms with Crippen molar-refractivity contribution < 1.29 is 14.7 Å². The Morgan fingerprint density at radius 1 is 1.44 bits per heavy atom. The van der Waals surface area contributed by atoms with Gasteiger partial charge in [-0.25, -0.2) is 9.78 Å². The standard InChI is InChI=1S/C12H18N2O3S/c1-6-8-13-7(2)9(18-8)10(15)14(5)12(3,4)11(16)17/h6H2,1-5H3,(H,16,17). The van der Waals surface area contributed by atoms with Crippen LogP contribution in [-0.2, 0) is 11.2 Å². The number of aromatic nitrogens is 1. The first-order valence-corrected chi connectivity index (χ1v) is 6.51. The Labute approximate surface area is 110 Å². The van der Waals surface area contributed by atoms with Crippen LogP contribution in [0.15, 0.2) is 0 Å². The number of carbonyl (C=O) groups excluding carboxylic acids is 1. The lowest BCUT2D eigenvalue weighted by Crippen LogP contribution is -2.50. The highest BCUT2D eigenvalue weighted by molar-refractivity contribution is 7.13. The monoisotopic (exact) mass is 270 g/mol. The summed E-state index contributed by atoms with van der Waals surface area (Å²) in [6.45, 7) is 6.75. The molecule has 100 valence electrons. The number of carbonyl (C=O) groups is 2. The van der Waals surface area contributed by atoms with E-state index in [1.165, 1.54) is 37.1 Å². The third kappa shape index (κ3) is 2.53. The summed E-state index contributed by atoms with van der Waals surface area (Å²) in [5.41, 5.74) is -0.574. The van der Waals surface area contributed by atoms with E-state index in [2.05, 4.69) is 4.98 Å². The zero-order chi connectivity index (χ0) is 14.1. The number of nitrogens with zero attached hydrogens (tertiary/aromatic N) is 2. The second-order valence-electron chi connectivity index (χ2n) is 4.60. The minimum absolute atomic E-state index is 0.294. The number of rotatable bonds is 4. The zero-order valence-electron chi connectivity index (χ0n) is 11.3. The number of carboxylic acids is 1. The summed E-state index contributed by atoms with van der Waals surface area (Å²) >= 11 is 1.33. The summed E-state index contributed by atoms with van der Waals surface area (Å²) in [5.74, 6) is -1.33. The Morgan fingerprint density at radius 2 is 2.00 bits per heavy atom. The van der Waals surface area contributed by atoms with Crippen LogP contribution in [-0.4, -0.2) is 39.5 Å². The van der Waals surface area contributed by atoms with E-state index in [0.29, 0.717) is 10.6 Å². The average molecular weight is 270 g/mol. The second kappa shape index (κ2) is 5.06. The van der Waals surface area contributed by atoms with Crippen LogP contribution >= 0.6 is 11.3 Å². The van der Waals surface area contributed by atoms with E-state index in [1.807, 2.05) is 6.92 Å². The number of likely N-dealkylation sites (N-methyl/N-ethyl adjacent to an activating group) is 1. The number of thiazole rings is 1. The van der Waals surface area contributed by atoms with Crippen LogP contribution in [0.2, 0.25) is 0 Å². The van der Waals surface area contributed by atoms with E-state index in [9.17, 15) is 9.59 Å². The van der Waals surface area contributed by atoms with E-state index in [-0.39, 0.29) is 5.91 Å². The van der Waals surface area contributed by atoms with Gasteiger partial charge in [-0.1, -0.05) is 6.92 Å². The topological polar surface area (TPSA) is 70.5 Å². The Balaban J connectivity index is 3.07. The Bertz CT molecular complexity index is 480. The Morgan fingerprint density at radius 3 is 2.39 bits per heavy atom. The lowest BCUT2D eigenvalue weighted by molar-refractivity contribution is -0.147. The van der Waals surface area contributed by atoms with Gasteiger partial charge in [0.15, 0.2) is 0 Å². The third-order valence-corrected chi connectivity index (χ3v) is 4.29. The van der Waals surface area contributed by atoms with Gasteiger partial charge in [0.05, 0.1) is 10.7 Å². The van der Waals surface area contributed by atoms with E-state index in [4.69, 9.17) is 5.11 Å². The summed E-state index contributed by atoms with van der Waals surface area (Å²) in [6, 6.07) is 0. The molecule has 18 heavy (non-hydrogen) atoms. The molecule has 5 nitrogen and oxygen atoms in total. The number of amides is 1. The van der Waals surface area contributed by atoms with Gasteiger partial charge >= 0.3 is 5.97 Å². The van der Waals surface area contributed by atoms with Crippen molar-refractivity contribution in [3.63, 3.8) is 0 Å². The lowest BCUT2D eigenvalue weighted by atomic mass is 10.0. The maximum atomic E-state index is 12.3. The molecule has 1 heterocycles. The van der Waals surface area contributed by atoms with Crippen LogP contribution in [0.5, 0.6) is 0 Å². The van der Waals surface area contributed by atoms with Crippen molar-refractivity contribution in [2.45, 2.75) is 39.7 Å². The minimum atomic E-state index is -1.24. The molecule has 0 aliphatic carbocycles. The fraction of sp³-hybridized carbons (Fsp3) is 0.583. The first-order chi connectivity index (χ1) is 8.21. The molecular formula is C12H18N2O3S. The van der Waals surface area contributed by atoms with Crippen molar-refractivity contribution in [1.82, 2.24) is 9.88 Å². The Hall–Kier alpha value is -1.43. The van der Waals surface area contributed by atoms with Gasteiger partial charge in [-0.3, -0.25) is 4.79 Å². The van der Waals surface area contributed by atoms with Crippen molar-refractivity contribution in [2.75, 3.05) is 7.05 Å². The molecule has 0 bridgehead atoms. The molecule has 0 saturated carbocycles. The molecule has 0 radical (unpaired) electrons. The molecule has 1 aromatic heterocycles. The molecule has 0 aliphatic rings. The summed E-state index contributed by atoms with van der Waals surface area (Å²) in [5, 5.41) is 10.0. The number of aliphatic carboxylic acids is 1. The van der Waals surface area contributed by atoms with Crippen LogP contribution in [0, 0.1) is 6.92 Å². The molecule has 1 N–H and O–H groups in total. The summed E-state index contributed by atoms with van der Waals surface area (Å²) in [7, 11) is 1.50. The van der Waals surface area contributed by atoms with Crippen molar-refractivity contribution in [3.05, 3.63) is 15.6 Å². The smallest absolute Gasteiger partial charge is 0.329 e. The molecule has 0 atom stereocenters. The van der Waals surface area contributed by atoms with Crippen molar-refractivity contribution in [3.8, 4) is 0 Å². The number of carboxylic acid groups (broad SMARTS) is 1. The fourth-order valence-corrected chi connectivity index (χ4v) is 2.33. The van der Waals surface area contributed by atoms with Gasteiger partial charge in [0.1, 0.15) is 10.4 Å². The zero-order valence-corrected chi connectivity index (χ0v) is 12.1. The molecule has 0 spiro atoms. The van der Waals surface area contributed by atoms with Crippen molar-refractivity contribution >= 4 is 23.2 Å². The number of aryl methyl sites for hydroxylation is 2. The molecule has 1 rings (SSSR count). The molecule has 0 fully saturated rings. The van der Waals surface area contributed by atoms with Crippen molar-refractivity contribution in [1.29, 1.82) is 0 Å². The predicted molar refractivity (Wildman–Crippen MR) is 70.0 cm³/mol. The van der Waals surface area contributed by atoms with Crippen LogP contribution in [0.3, 0.4) is 0 Å². The summed E-state index contributed by atoms with van der Waals surface area (Å²) < 4.78 is 0. The van der Waals surface area contributed by atoms with E-state index in [1.54, 1.807) is 6.92 Å². The van der Waals surface area contributed by atoms with Crippen LogP contribution in [0.25, 0.3) is 0 Å². The molecular weight excluding hydrogens is 252 g/mol. The molecule has 0 aromatic carbocycles. The van der Waals surface area contributed by atoms with Gasteiger partial charge < -0.3 is 10.0 Å². The van der Waals surface area contributed by atoms with Gasteiger partial charge in [-0.2, -0.15) is 0 Å². The lowest BCUT2D eigenvalue weighted by Gasteiger charge is -2.31. The molecule has 1 amide bonds. The number of hydrogen-bond donors (Lipinski definition) is 1. The quantitative estimate of drug-likeness (QED) is 0.907. The van der Waals surface area contributed by atoms with E-state index in [0.717, 1.165) is 11.4 Å². The molecule has 1 aromatic rings. The van der Waals surface area contributed by atoms with Crippen LogP contribution in [0.1, 0.15) is 41.1 Å². The first kappa shape index (κ1) is 14.6. The molecule has 0 saturated heterocycles. The predicted octanol–water partition coefficient (Wildman–Crippen LogP) is 1.95.